The highest BCUT2D eigenvalue weighted by Crippen LogP contribution is 2.28. The van der Waals surface area contributed by atoms with E-state index in [0.29, 0.717) is 5.02 Å². The zero-order valence-electron chi connectivity index (χ0n) is 10.5. The molecule has 1 atom stereocenters. The third kappa shape index (κ3) is 2.91. The van der Waals surface area contributed by atoms with Gasteiger partial charge in [0, 0.05) is 28.5 Å². The number of benzene rings is 1. The van der Waals surface area contributed by atoms with Crippen LogP contribution in [0.5, 0.6) is 0 Å². The van der Waals surface area contributed by atoms with Gasteiger partial charge in [0.05, 0.1) is 17.3 Å². The van der Waals surface area contributed by atoms with E-state index in [1.807, 2.05) is 26.1 Å². The molecule has 0 saturated carbocycles. The molecule has 1 unspecified atom stereocenters. The molecule has 0 aliphatic carbocycles. The van der Waals surface area contributed by atoms with Gasteiger partial charge in [0.2, 0.25) is 0 Å². The van der Waals surface area contributed by atoms with E-state index in [1.54, 1.807) is 16.9 Å². The lowest BCUT2D eigenvalue weighted by Crippen LogP contribution is -2.09. The zero-order chi connectivity index (χ0) is 14.0. The fourth-order valence-electron chi connectivity index (χ4n) is 1.73. The molecule has 19 heavy (non-hydrogen) atoms. The van der Waals surface area contributed by atoms with Gasteiger partial charge >= 0.3 is 0 Å². The number of nitrogens with zero attached hydrogens (tertiary/aromatic N) is 3. The number of aryl methyl sites for hydroxylation is 1. The van der Waals surface area contributed by atoms with E-state index in [-0.39, 0.29) is 0 Å². The number of anilines is 1. The topological polar surface area (TPSA) is 53.6 Å². The minimum absolute atomic E-state index is 0.443. The van der Waals surface area contributed by atoms with Gasteiger partial charge in [-0.1, -0.05) is 11.6 Å². The molecule has 4 nitrogen and oxygen atoms in total. The third-order valence-corrected chi connectivity index (χ3v) is 4.16. The standard InChI is InChI=1S/C13H12BrClN4/c1-8-10(7-17-19(8)2)13(6-16)18-9-3-4-12(15)11(14)5-9/h3-5,7,13,18H,1-2H3. The lowest BCUT2D eigenvalue weighted by Gasteiger charge is -2.13. The number of halogens is 2. The number of rotatable bonds is 3. The summed E-state index contributed by atoms with van der Waals surface area (Å²) in [7, 11) is 1.85. The van der Waals surface area contributed by atoms with Crippen LogP contribution in [0.1, 0.15) is 17.3 Å². The molecule has 1 N–H and O–H groups in total. The van der Waals surface area contributed by atoms with Crippen molar-refractivity contribution < 1.29 is 0 Å². The Morgan fingerprint density at radius 2 is 2.26 bits per heavy atom. The van der Waals surface area contributed by atoms with Gasteiger partial charge in [-0.25, -0.2) is 0 Å². The van der Waals surface area contributed by atoms with Crippen LogP contribution >= 0.6 is 27.5 Å². The minimum atomic E-state index is -0.443. The van der Waals surface area contributed by atoms with Crippen LogP contribution in [-0.2, 0) is 7.05 Å². The summed E-state index contributed by atoms with van der Waals surface area (Å²) in [4.78, 5) is 0. The Labute approximate surface area is 125 Å². The van der Waals surface area contributed by atoms with Gasteiger partial charge in [0.15, 0.2) is 0 Å². The first kappa shape index (κ1) is 13.9. The van der Waals surface area contributed by atoms with Crippen LogP contribution in [0.4, 0.5) is 5.69 Å². The van der Waals surface area contributed by atoms with Crippen molar-refractivity contribution in [2.75, 3.05) is 5.32 Å². The molecule has 6 heteroatoms. The van der Waals surface area contributed by atoms with E-state index in [4.69, 9.17) is 11.6 Å². The van der Waals surface area contributed by atoms with Gasteiger partial charge in [-0.05, 0) is 41.1 Å². The van der Waals surface area contributed by atoms with Crippen LogP contribution in [0.3, 0.4) is 0 Å². The molecular formula is C13H12BrClN4. The SMILES string of the molecule is Cc1c(C(C#N)Nc2ccc(Cl)c(Br)c2)cnn1C. The molecule has 0 fully saturated rings. The number of hydrogen-bond donors (Lipinski definition) is 1. The highest BCUT2D eigenvalue weighted by Gasteiger charge is 2.16. The second-order valence-electron chi connectivity index (χ2n) is 4.14. The summed E-state index contributed by atoms with van der Waals surface area (Å²) in [5, 5.41) is 17.3. The Morgan fingerprint density at radius 1 is 1.53 bits per heavy atom. The molecule has 1 aromatic heterocycles. The van der Waals surface area contributed by atoms with Gasteiger partial charge in [-0.3, -0.25) is 4.68 Å². The fourth-order valence-corrected chi connectivity index (χ4v) is 2.23. The van der Waals surface area contributed by atoms with E-state index in [2.05, 4.69) is 32.4 Å². The maximum atomic E-state index is 9.31. The summed E-state index contributed by atoms with van der Waals surface area (Å²) in [6.07, 6.45) is 1.71. The Morgan fingerprint density at radius 3 is 2.79 bits per heavy atom. The third-order valence-electron chi connectivity index (χ3n) is 2.94. The second-order valence-corrected chi connectivity index (χ2v) is 5.41. The molecule has 0 amide bonds. The van der Waals surface area contributed by atoms with E-state index in [0.717, 1.165) is 21.4 Å². The van der Waals surface area contributed by atoms with Crippen molar-refractivity contribution in [3.05, 3.63) is 45.1 Å². The van der Waals surface area contributed by atoms with Gasteiger partial charge in [0.25, 0.3) is 0 Å². The Balaban J connectivity index is 2.27. The monoisotopic (exact) mass is 338 g/mol. The molecule has 2 aromatic rings. The van der Waals surface area contributed by atoms with Crippen LogP contribution in [-0.4, -0.2) is 9.78 Å². The molecule has 1 aromatic carbocycles. The zero-order valence-corrected chi connectivity index (χ0v) is 12.8. The van der Waals surface area contributed by atoms with Crippen LogP contribution in [0.25, 0.3) is 0 Å². The summed E-state index contributed by atoms with van der Waals surface area (Å²) in [6.45, 7) is 1.94. The van der Waals surface area contributed by atoms with Gasteiger partial charge in [-0.2, -0.15) is 10.4 Å². The van der Waals surface area contributed by atoms with Crippen molar-refractivity contribution in [1.29, 1.82) is 5.26 Å². The van der Waals surface area contributed by atoms with Crippen molar-refractivity contribution in [2.24, 2.45) is 7.05 Å². The van der Waals surface area contributed by atoms with Crippen molar-refractivity contribution >= 4 is 33.2 Å². The predicted molar refractivity (Wildman–Crippen MR) is 79.1 cm³/mol. The summed E-state index contributed by atoms with van der Waals surface area (Å²) < 4.78 is 2.54. The highest BCUT2D eigenvalue weighted by molar-refractivity contribution is 9.10. The van der Waals surface area contributed by atoms with E-state index < -0.39 is 6.04 Å². The molecular weight excluding hydrogens is 328 g/mol. The predicted octanol–water partition coefficient (Wildman–Crippen LogP) is 3.82. The van der Waals surface area contributed by atoms with Crippen molar-refractivity contribution in [3.8, 4) is 6.07 Å². The second kappa shape index (κ2) is 5.64. The summed E-state index contributed by atoms with van der Waals surface area (Å²) >= 11 is 9.31. The van der Waals surface area contributed by atoms with Crippen LogP contribution < -0.4 is 5.32 Å². The van der Waals surface area contributed by atoms with Gasteiger partial charge in [0.1, 0.15) is 6.04 Å². The van der Waals surface area contributed by atoms with E-state index in [9.17, 15) is 5.26 Å². The molecule has 0 spiro atoms. The molecule has 0 aliphatic rings. The lowest BCUT2D eigenvalue weighted by atomic mass is 10.1. The lowest BCUT2D eigenvalue weighted by molar-refractivity contribution is 0.737. The summed E-state index contributed by atoms with van der Waals surface area (Å²) in [6, 6.07) is 7.26. The normalized spacial score (nSPS) is 11.9. The molecule has 0 bridgehead atoms. The fraction of sp³-hybridized carbons (Fsp3) is 0.231. The maximum Gasteiger partial charge on any atom is 0.143 e. The van der Waals surface area contributed by atoms with Crippen LogP contribution in [0.2, 0.25) is 5.02 Å². The molecule has 0 saturated heterocycles. The summed E-state index contributed by atoms with van der Waals surface area (Å²) in [5.41, 5.74) is 2.66. The Bertz CT molecular complexity index is 645. The van der Waals surface area contributed by atoms with Crippen molar-refractivity contribution in [1.82, 2.24) is 9.78 Å². The molecule has 0 radical (unpaired) electrons. The Hall–Kier alpha value is -1.51. The van der Waals surface area contributed by atoms with Crippen LogP contribution in [0, 0.1) is 18.3 Å². The van der Waals surface area contributed by atoms with E-state index >= 15 is 0 Å². The minimum Gasteiger partial charge on any atom is -0.366 e. The number of nitrogens with one attached hydrogen (secondary N) is 1. The smallest absolute Gasteiger partial charge is 0.143 e. The first-order valence-corrected chi connectivity index (χ1v) is 6.79. The average Bonchev–Trinajstić information content (AvgIpc) is 2.72. The van der Waals surface area contributed by atoms with E-state index in [1.165, 1.54) is 0 Å². The average molecular weight is 340 g/mol. The number of aromatic nitrogens is 2. The number of hydrogen-bond acceptors (Lipinski definition) is 3. The van der Waals surface area contributed by atoms with Gasteiger partial charge in [-0.15, -0.1) is 0 Å². The first-order valence-electron chi connectivity index (χ1n) is 5.62. The largest absolute Gasteiger partial charge is 0.366 e. The molecule has 98 valence electrons. The quantitative estimate of drug-likeness (QED) is 0.925. The highest BCUT2D eigenvalue weighted by atomic mass is 79.9. The first-order chi connectivity index (χ1) is 9.02. The molecule has 1 heterocycles. The Kier molecular flexibility index (Phi) is 4.13. The summed E-state index contributed by atoms with van der Waals surface area (Å²) in [5.74, 6) is 0. The van der Waals surface area contributed by atoms with Crippen molar-refractivity contribution in [3.63, 3.8) is 0 Å². The molecule has 0 aliphatic heterocycles. The van der Waals surface area contributed by atoms with Crippen LogP contribution in [0.15, 0.2) is 28.9 Å². The van der Waals surface area contributed by atoms with Crippen molar-refractivity contribution in [2.45, 2.75) is 13.0 Å². The van der Waals surface area contributed by atoms with Gasteiger partial charge < -0.3 is 5.32 Å². The number of nitriles is 1. The molecule has 2 rings (SSSR count). The maximum absolute atomic E-state index is 9.31.